The standard InChI is InChI=1S/C5H8N2O2S.C3H8/c1-2-5(10)3(8)6-4(9)7-5;1-3-2/h10H,2H2,1H3,(H2,6,7,8,9);3H2,1-2H3. The van der Waals surface area contributed by atoms with E-state index in [0.717, 1.165) is 0 Å². The molecule has 0 radical (unpaired) electrons. The maximum atomic E-state index is 10.9. The summed E-state index contributed by atoms with van der Waals surface area (Å²) >= 11 is 3.99. The third-order valence-electron chi connectivity index (χ3n) is 1.43. The van der Waals surface area contributed by atoms with Crippen LogP contribution in [0.4, 0.5) is 4.79 Å². The fourth-order valence-electron chi connectivity index (χ4n) is 0.731. The molecule has 1 unspecified atom stereocenters. The fraction of sp³-hybridized carbons (Fsp3) is 0.750. The second-order valence-corrected chi connectivity index (χ2v) is 3.59. The van der Waals surface area contributed by atoms with Crippen LogP contribution in [0.2, 0.25) is 0 Å². The second kappa shape index (κ2) is 5.11. The van der Waals surface area contributed by atoms with E-state index in [2.05, 4.69) is 37.1 Å². The molecule has 0 aromatic carbocycles. The number of carbonyl (C=O) groups is 2. The summed E-state index contributed by atoms with van der Waals surface area (Å²) in [5.41, 5.74) is 0. The van der Waals surface area contributed by atoms with Crippen molar-refractivity contribution in [3.63, 3.8) is 0 Å². The molecule has 2 N–H and O–H groups in total. The summed E-state index contributed by atoms with van der Waals surface area (Å²) < 4.78 is 0. The molecule has 13 heavy (non-hydrogen) atoms. The number of amides is 3. The average molecular weight is 204 g/mol. The molecule has 4 nitrogen and oxygen atoms in total. The first-order chi connectivity index (χ1) is 6.00. The van der Waals surface area contributed by atoms with Gasteiger partial charge in [-0.1, -0.05) is 27.2 Å². The predicted molar refractivity (Wildman–Crippen MR) is 54.6 cm³/mol. The summed E-state index contributed by atoms with van der Waals surface area (Å²) in [4.78, 5) is 20.4. The highest BCUT2D eigenvalue weighted by molar-refractivity contribution is 7.82. The first-order valence-corrected chi connectivity index (χ1v) is 4.80. The zero-order valence-electron chi connectivity index (χ0n) is 8.18. The quantitative estimate of drug-likeness (QED) is 0.445. The molecule has 1 rings (SSSR count). The van der Waals surface area contributed by atoms with E-state index in [1.165, 1.54) is 6.42 Å². The molecule has 0 saturated carbocycles. The minimum atomic E-state index is -0.989. The number of imide groups is 1. The molecule has 0 aromatic rings. The normalized spacial score (nSPS) is 25.8. The lowest BCUT2D eigenvalue weighted by Gasteiger charge is -2.15. The number of carbonyl (C=O) groups excluding carboxylic acids is 2. The molecule has 0 aromatic heterocycles. The number of rotatable bonds is 1. The highest BCUT2D eigenvalue weighted by Gasteiger charge is 2.41. The summed E-state index contributed by atoms with van der Waals surface area (Å²) in [7, 11) is 0. The van der Waals surface area contributed by atoms with Gasteiger partial charge in [0.25, 0.3) is 5.91 Å². The van der Waals surface area contributed by atoms with Crippen molar-refractivity contribution in [2.45, 2.75) is 38.5 Å². The van der Waals surface area contributed by atoms with Gasteiger partial charge >= 0.3 is 6.03 Å². The van der Waals surface area contributed by atoms with Gasteiger partial charge in [0.15, 0.2) is 4.87 Å². The van der Waals surface area contributed by atoms with Crippen molar-refractivity contribution in [1.29, 1.82) is 0 Å². The highest BCUT2D eigenvalue weighted by atomic mass is 32.1. The summed E-state index contributed by atoms with van der Waals surface area (Å²) in [5, 5.41) is 4.49. The van der Waals surface area contributed by atoms with Crippen molar-refractivity contribution < 1.29 is 9.59 Å². The Morgan fingerprint density at radius 2 is 1.77 bits per heavy atom. The van der Waals surface area contributed by atoms with Crippen molar-refractivity contribution in [3.05, 3.63) is 0 Å². The number of hydrogen-bond donors (Lipinski definition) is 3. The first kappa shape index (κ1) is 12.3. The van der Waals surface area contributed by atoms with E-state index in [1.54, 1.807) is 6.92 Å². The topological polar surface area (TPSA) is 58.2 Å². The molecule has 1 heterocycles. The summed E-state index contributed by atoms with van der Waals surface area (Å²) in [6, 6.07) is -0.471. The van der Waals surface area contributed by atoms with Gasteiger partial charge in [-0.3, -0.25) is 10.1 Å². The molecule has 0 bridgehead atoms. The largest absolute Gasteiger partial charge is 0.323 e. The van der Waals surface area contributed by atoms with Gasteiger partial charge in [-0.15, -0.1) is 12.6 Å². The van der Waals surface area contributed by atoms with Crippen LogP contribution in [-0.4, -0.2) is 16.8 Å². The van der Waals surface area contributed by atoms with E-state index in [1.807, 2.05) is 0 Å². The maximum absolute atomic E-state index is 10.9. The van der Waals surface area contributed by atoms with Crippen molar-refractivity contribution in [2.75, 3.05) is 0 Å². The van der Waals surface area contributed by atoms with Gasteiger partial charge in [0.1, 0.15) is 0 Å². The predicted octanol–water partition coefficient (Wildman–Crippen LogP) is 1.28. The van der Waals surface area contributed by atoms with E-state index in [0.29, 0.717) is 6.42 Å². The van der Waals surface area contributed by atoms with E-state index in [9.17, 15) is 9.59 Å². The molecule has 1 aliphatic heterocycles. The van der Waals surface area contributed by atoms with Gasteiger partial charge in [-0.25, -0.2) is 4.79 Å². The SMILES string of the molecule is CCC.CCC1(S)NC(=O)NC1=O. The molecule has 0 aliphatic carbocycles. The number of thiol groups is 1. The first-order valence-electron chi connectivity index (χ1n) is 4.36. The van der Waals surface area contributed by atoms with Gasteiger partial charge in [-0.05, 0) is 6.42 Å². The summed E-state index contributed by atoms with van der Waals surface area (Å²) in [6.45, 7) is 6.03. The number of urea groups is 1. The average Bonchev–Trinajstić information content (AvgIpc) is 2.29. The molecule has 0 spiro atoms. The van der Waals surface area contributed by atoms with Crippen molar-refractivity contribution >= 4 is 24.6 Å². The van der Waals surface area contributed by atoms with Crippen LogP contribution in [-0.2, 0) is 4.79 Å². The Morgan fingerprint density at radius 3 is 1.92 bits per heavy atom. The van der Waals surface area contributed by atoms with Crippen LogP contribution in [0.1, 0.15) is 33.6 Å². The van der Waals surface area contributed by atoms with Crippen LogP contribution < -0.4 is 10.6 Å². The number of nitrogens with one attached hydrogen (secondary N) is 2. The summed E-state index contributed by atoms with van der Waals surface area (Å²) in [5.74, 6) is -0.372. The van der Waals surface area contributed by atoms with Crippen LogP contribution in [0.5, 0.6) is 0 Å². The molecular formula is C8H16N2O2S. The third-order valence-corrected chi connectivity index (χ3v) is 2.07. The van der Waals surface area contributed by atoms with Crippen LogP contribution in [0.25, 0.3) is 0 Å². The molecule has 1 atom stereocenters. The number of hydrogen-bond acceptors (Lipinski definition) is 3. The molecule has 76 valence electrons. The van der Waals surface area contributed by atoms with Crippen LogP contribution >= 0.6 is 12.6 Å². The third kappa shape index (κ3) is 3.26. The Balaban J connectivity index is 0.000000424. The van der Waals surface area contributed by atoms with E-state index >= 15 is 0 Å². The Morgan fingerprint density at radius 1 is 1.31 bits per heavy atom. The van der Waals surface area contributed by atoms with Crippen LogP contribution in [0.3, 0.4) is 0 Å². The molecule has 1 fully saturated rings. The van der Waals surface area contributed by atoms with Crippen LogP contribution in [0.15, 0.2) is 0 Å². The van der Waals surface area contributed by atoms with Crippen molar-refractivity contribution in [2.24, 2.45) is 0 Å². The van der Waals surface area contributed by atoms with Gasteiger partial charge in [0.2, 0.25) is 0 Å². The molecule has 1 saturated heterocycles. The maximum Gasteiger partial charge on any atom is 0.323 e. The minimum Gasteiger partial charge on any atom is -0.315 e. The Labute approximate surface area is 83.9 Å². The Bertz CT molecular complexity index is 208. The van der Waals surface area contributed by atoms with Gasteiger partial charge in [0.05, 0.1) is 0 Å². The minimum absolute atomic E-state index is 0.372. The Hall–Kier alpha value is -0.710. The molecule has 5 heteroatoms. The van der Waals surface area contributed by atoms with Crippen LogP contribution in [0, 0.1) is 0 Å². The second-order valence-electron chi connectivity index (χ2n) is 2.83. The fourth-order valence-corrected chi connectivity index (χ4v) is 0.889. The van der Waals surface area contributed by atoms with Crippen molar-refractivity contribution in [1.82, 2.24) is 10.6 Å². The lowest BCUT2D eigenvalue weighted by molar-refractivity contribution is -0.121. The van der Waals surface area contributed by atoms with E-state index in [-0.39, 0.29) is 5.91 Å². The van der Waals surface area contributed by atoms with E-state index in [4.69, 9.17) is 0 Å². The van der Waals surface area contributed by atoms with Gasteiger partial charge in [-0.2, -0.15) is 0 Å². The smallest absolute Gasteiger partial charge is 0.315 e. The molecule has 1 aliphatic rings. The monoisotopic (exact) mass is 204 g/mol. The Kier molecular flexibility index (Phi) is 4.83. The zero-order valence-corrected chi connectivity index (χ0v) is 9.07. The van der Waals surface area contributed by atoms with E-state index < -0.39 is 10.9 Å². The van der Waals surface area contributed by atoms with Crippen molar-refractivity contribution in [3.8, 4) is 0 Å². The van der Waals surface area contributed by atoms with Gasteiger partial charge < -0.3 is 5.32 Å². The summed E-state index contributed by atoms with van der Waals surface area (Å²) in [6.07, 6.45) is 1.73. The zero-order chi connectivity index (χ0) is 10.5. The highest BCUT2D eigenvalue weighted by Crippen LogP contribution is 2.18. The lowest BCUT2D eigenvalue weighted by atomic mass is 10.2. The molecule has 3 amide bonds. The lowest BCUT2D eigenvalue weighted by Crippen LogP contribution is -2.40. The molecular weight excluding hydrogens is 188 g/mol. The van der Waals surface area contributed by atoms with Gasteiger partial charge in [0, 0.05) is 0 Å².